The van der Waals surface area contributed by atoms with E-state index < -0.39 is 0 Å². The van der Waals surface area contributed by atoms with Crippen LogP contribution in [0.25, 0.3) is 0 Å². The summed E-state index contributed by atoms with van der Waals surface area (Å²) in [5.41, 5.74) is 1.61. The molecule has 0 aliphatic carbocycles. The van der Waals surface area contributed by atoms with Crippen LogP contribution in [0.3, 0.4) is 0 Å². The third-order valence-corrected chi connectivity index (χ3v) is 3.92. The first-order valence-corrected chi connectivity index (χ1v) is 7.49. The molecule has 0 aliphatic heterocycles. The SMILES string of the molecule is Cc1ccc(Cl)cc1C(=O)NC(CI)C(C)C. The minimum atomic E-state index is -0.0413. The third-order valence-electron chi connectivity index (χ3n) is 2.73. The van der Waals surface area contributed by atoms with Crippen LogP contribution in [0.2, 0.25) is 5.02 Å². The number of carbonyl (C=O) groups is 1. The molecule has 0 aromatic heterocycles. The molecule has 0 bridgehead atoms. The fraction of sp³-hybridized carbons (Fsp3) is 0.462. The fourth-order valence-electron chi connectivity index (χ4n) is 1.47. The second kappa shape index (κ2) is 6.59. The van der Waals surface area contributed by atoms with Gasteiger partial charge in [-0.05, 0) is 30.5 Å². The maximum atomic E-state index is 12.1. The zero-order valence-electron chi connectivity index (χ0n) is 10.3. The van der Waals surface area contributed by atoms with Crippen molar-refractivity contribution in [2.24, 2.45) is 5.92 Å². The van der Waals surface area contributed by atoms with E-state index in [9.17, 15) is 4.79 Å². The van der Waals surface area contributed by atoms with Gasteiger partial charge in [-0.15, -0.1) is 0 Å². The predicted molar refractivity (Wildman–Crippen MR) is 81.2 cm³/mol. The van der Waals surface area contributed by atoms with Crippen molar-refractivity contribution in [1.82, 2.24) is 5.32 Å². The first-order chi connectivity index (χ1) is 7.95. The summed E-state index contributed by atoms with van der Waals surface area (Å²) < 4.78 is 0.904. The largest absolute Gasteiger partial charge is 0.348 e. The zero-order chi connectivity index (χ0) is 13.0. The van der Waals surface area contributed by atoms with E-state index in [-0.39, 0.29) is 11.9 Å². The van der Waals surface area contributed by atoms with E-state index in [0.717, 1.165) is 9.99 Å². The number of aryl methyl sites for hydroxylation is 1. The van der Waals surface area contributed by atoms with Gasteiger partial charge in [0.05, 0.1) is 0 Å². The molecule has 1 rings (SSSR count). The second-order valence-electron chi connectivity index (χ2n) is 4.44. The number of nitrogens with one attached hydrogen (secondary N) is 1. The van der Waals surface area contributed by atoms with Crippen molar-refractivity contribution >= 4 is 40.1 Å². The second-order valence-corrected chi connectivity index (χ2v) is 5.75. The zero-order valence-corrected chi connectivity index (χ0v) is 13.2. The quantitative estimate of drug-likeness (QED) is 0.637. The summed E-state index contributed by atoms with van der Waals surface area (Å²) >= 11 is 8.20. The van der Waals surface area contributed by atoms with Crippen molar-refractivity contribution in [2.75, 3.05) is 4.43 Å². The molecule has 2 nitrogen and oxygen atoms in total. The molecule has 4 heteroatoms. The molecule has 0 aliphatic rings. The molecule has 1 aromatic carbocycles. The van der Waals surface area contributed by atoms with Gasteiger partial charge in [-0.2, -0.15) is 0 Å². The maximum Gasteiger partial charge on any atom is 0.251 e. The summed E-state index contributed by atoms with van der Waals surface area (Å²) in [7, 11) is 0. The lowest BCUT2D eigenvalue weighted by Crippen LogP contribution is -2.39. The van der Waals surface area contributed by atoms with Crippen molar-refractivity contribution in [3.63, 3.8) is 0 Å². The van der Waals surface area contributed by atoms with E-state index in [1.54, 1.807) is 12.1 Å². The van der Waals surface area contributed by atoms with Crippen LogP contribution >= 0.6 is 34.2 Å². The highest BCUT2D eigenvalue weighted by Gasteiger charge is 2.17. The Labute approximate surface area is 121 Å². The summed E-state index contributed by atoms with van der Waals surface area (Å²) in [6.07, 6.45) is 0. The number of carbonyl (C=O) groups excluding carboxylic acids is 1. The standard InChI is InChI=1S/C13H17ClINO/c1-8(2)12(7-15)16-13(17)11-6-10(14)5-4-9(11)3/h4-6,8,12H,7H2,1-3H3,(H,16,17). The van der Waals surface area contributed by atoms with E-state index in [4.69, 9.17) is 11.6 Å². The molecular formula is C13H17ClINO. The van der Waals surface area contributed by atoms with Gasteiger partial charge in [0.2, 0.25) is 0 Å². The van der Waals surface area contributed by atoms with Crippen LogP contribution in [0.1, 0.15) is 29.8 Å². The van der Waals surface area contributed by atoms with Crippen molar-refractivity contribution in [3.05, 3.63) is 34.3 Å². The Bertz CT molecular complexity index is 406. The van der Waals surface area contributed by atoms with Gasteiger partial charge in [-0.3, -0.25) is 4.79 Å². The molecule has 0 saturated heterocycles. The fourth-order valence-corrected chi connectivity index (χ4v) is 2.88. The first-order valence-electron chi connectivity index (χ1n) is 5.58. The van der Waals surface area contributed by atoms with Gasteiger partial charge in [0.15, 0.2) is 0 Å². The van der Waals surface area contributed by atoms with Crippen LogP contribution in [-0.4, -0.2) is 16.4 Å². The Balaban J connectivity index is 2.86. The minimum Gasteiger partial charge on any atom is -0.348 e. The highest BCUT2D eigenvalue weighted by molar-refractivity contribution is 14.1. The molecule has 0 heterocycles. The van der Waals surface area contributed by atoms with Crippen LogP contribution in [-0.2, 0) is 0 Å². The summed E-state index contributed by atoms with van der Waals surface area (Å²) in [6, 6.07) is 5.58. The van der Waals surface area contributed by atoms with Crippen LogP contribution in [0.5, 0.6) is 0 Å². The van der Waals surface area contributed by atoms with Gasteiger partial charge in [0.1, 0.15) is 0 Å². The maximum absolute atomic E-state index is 12.1. The predicted octanol–water partition coefficient (Wildman–Crippen LogP) is 3.84. The molecule has 0 spiro atoms. The van der Waals surface area contributed by atoms with Crippen molar-refractivity contribution in [1.29, 1.82) is 0 Å². The average molecular weight is 366 g/mol. The average Bonchev–Trinajstić information content (AvgIpc) is 2.28. The van der Waals surface area contributed by atoms with Crippen LogP contribution in [0, 0.1) is 12.8 Å². The molecule has 1 aromatic rings. The van der Waals surface area contributed by atoms with Crippen molar-refractivity contribution < 1.29 is 4.79 Å². The van der Waals surface area contributed by atoms with Crippen LogP contribution in [0.4, 0.5) is 0 Å². The number of benzene rings is 1. The van der Waals surface area contributed by atoms with E-state index in [1.165, 1.54) is 0 Å². The highest BCUT2D eigenvalue weighted by Crippen LogP contribution is 2.16. The molecule has 1 atom stereocenters. The smallest absolute Gasteiger partial charge is 0.251 e. The first kappa shape index (κ1) is 14.8. The van der Waals surface area contributed by atoms with Crippen LogP contribution < -0.4 is 5.32 Å². The Kier molecular flexibility index (Phi) is 5.73. The molecule has 94 valence electrons. The van der Waals surface area contributed by atoms with E-state index in [2.05, 4.69) is 41.8 Å². The van der Waals surface area contributed by atoms with Gasteiger partial charge >= 0.3 is 0 Å². The molecule has 0 saturated carbocycles. The van der Waals surface area contributed by atoms with E-state index in [0.29, 0.717) is 16.5 Å². The summed E-state index contributed by atoms with van der Waals surface area (Å²) in [5, 5.41) is 3.64. The highest BCUT2D eigenvalue weighted by atomic mass is 127. The van der Waals surface area contributed by atoms with Gasteiger partial charge < -0.3 is 5.32 Å². The molecule has 1 unspecified atom stereocenters. The molecule has 1 amide bonds. The van der Waals surface area contributed by atoms with Crippen molar-refractivity contribution in [3.8, 4) is 0 Å². The van der Waals surface area contributed by atoms with Gasteiger partial charge in [0.25, 0.3) is 5.91 Å². The van der Waals surface area contributed by atoms with Crippen molar-refractivity contribution in [2.45, 2.75) is 26.8 Å². The number of alkyl halides is 1. The summed E-state index contributed by atoms with van der Waals surface area (Å²) in [4.78, 5) is 12.1. The number of rotatable bonds is 4. The molecule has 0 radical (unpaired) electrons. The Morgan fingerprint density at radius 3 is 2.65 bits per heavy atom. The molecular weight excluding hydrogens is 349 g/mol. The monoisotopic (exact) mass is 365 g/mol. The van der Waals surface area contributed by atoms with E-state index in [1.807, 2.05) is 13.0 Å². The minimum absolute atomic E-state index is 0.0413. The summed E-state index contributed by atoms with van der Waals surface area (Å²) in [6.45, 7) is 6.13. The molecule has 17 heavy (non-hydrogen) atoms. The Morgan fingerprint density at radius 1 is 1.47 bits per heavy atom. The molecule has 1 N–H and O–H groups in total. The number of halogens is 2. The van der Waals surface area contributed by atoms with Gasteiger partial charge in [0, 0.05) is 21.1 Å². The normalized spacial score (nSPS) is 12.6. The van der Waals surface area contributed by atoms with Crippen LogP contribution in [0.15, 0.2) is 18.2 Å². The van der Waals surface area contributed by atoms with Gasteiger partial charge in [-0.25, -0.2) is 0 Å². The third kappa shape index (κ3) is 4.14. The Morgan fingerprint density at radius 2 is 2.12 bits per heavy atom. The molecule has 0 fully saturated rings. The number of hydrogen-bond donors (Lipinski definition) is 1. The van der Waals surface area contributed by atoms with E-state index >= 15 is 0 Å². The lowest BCUT2D eigenvalue weighted by atomic mass is 10.0. The lowest BCUT2D eigenvalue weighted by molar-refractivity contribution is 0.0931. The lowest BCUT2D eigenvalue weighted by Gasteiger charge is -2.20. The number of hydrogen-bond acceptors (Lipinski definition) is 1. The Hall–Kier alpha value is -0.290. The van der Waals surface area contributed by atoms with Gasteiger partial charge in [-0.1, -0.05) is 54.1 Å². The number of amides is 1. The summed E-state index contributed by atoms with van der Waals surface area (Å²) in [5.74, 6) is 0.385. The topological polar surface area (TPSA) is 29.1 Å².